The third-order valence-corrected chi connectivity index (χ3v) is 5.64. The van der Waals surface area contributed by atoms with Crippen LogP contribution in [0.1, 0.15) is 11.1 Å². The van der Waals surface area contributed by atoms with Crippen molar-refractivity contribution in [2.24, 2.45) is 5.10 Å². The third-order valence-electron chi connectivity index (χ3n) is 4.72. The molecule has 4 rings (SSSR count). The van der Waals surface area contributed by atoms with E-state index in [-0.39, 0.29) is 11.7 Å². The monoisotopic (exact) mass is 458 g/mol. The highest BCUT2D eigenvalue weighted by Gasteiger charge is 2.17. The summed E-state index contributed by atoms with van der Waals surface area (Å²) in [4.78, 5) is 16.3. The van der Waals surface area contributed by atoms with Crippen molar-refractivity contribution in [3.05, 3.63) is 84.2 Å². The van der Waals surface area contributed by atoms with Gasteiger partial charge in [0.25, 0.3) is 5.91 Å². The minimum Gasteiger partial charge on any atom is -0.497 e. The van der Waals surface area contributed by atoms with Crippen molar-refractivity contribution >= 4 is 23.9 Å². The van der Waals surface area contributed by atoms with Gasteiger partial charge in [-0.05, 0) is 61.0 Å². The first-order chi connectivity index (χ1) is 16.1. The molecule has 0 spiro atoms. The second kappa shape index (κ2) is 10.6. The summed E-state index contributed by atoms with van der Waals surface area (Å²) >= 11 is 1.29. The Morgan fingerprint density at radius 1 is 1.06 bits per heavy atom. The number of pyridine rings is 1. The van der Waals surface area contributed by atoms with Gasteiger partial charge in [-0.2, -0.15) is 5.10 Å². The fourth-order valence-electron chi connectivity index (χ4n) is 3.01. The van der Waals surface area contributed by atoms with Gasteiger partial charge in [0, 0.05) is 23.6 Å². The number of aryl methyl sites for hydroxylation is 1. The highest BCUT2D eigenvalue weighted by molar-refractivity contribution is 7.99. The first-order valence-electron chi connectivity index (χ1n) is 10.2. The number of nitrogens with zero attached hydrogens (tertiary/aromatic N) is 5. The van der Waals surface area contributed by atoms with E-state index in [1.807, 2.05) is 60.0 Å². The first kappa shape index (κ1) is 22.2. The van der Waals surface area contributed by atoms with Crippen molar-refractivity contribution in [3.63, 3.8) is 0 Å². The molecule has 9 heteroatoms. The van der Waals surface area contributed by atoms with E-state index in [0.717, 1.165) is 28.1 Å². The third kappa shape index (κ3) is 5.64. The summed E-state index contributed by atoms with van der Waals surface area (Å²) in [5.74, 6) is 1.34. The fourth-order valence-corrected chi connectivity index (χ4v) is 3.75. The van der Waals surface area contributed by atoms with E-state index < -0.39 is 0 Å². The molecule has 0 aliphatic heterocycles. The molecule has 2 aromatic carbocycles. The predicted molar refractivity (Wildman–Crippen MR) is 129 cm³/mol. The van der Waals surface area contributed by atoms with Crippen molar-refractivity contribution < 1.29 is 9.53 Å². The number of hydrogen-bond acceptors (Lipinski definition) is 7. The fraction of sp³-hybridized carbons (Fsp3) is 0.125. The summed E-state index contributed by atoms with van der Waals surface area (Å²) in [6, 6.07) is 19.3. The van der Waals surface area contributed by atoms with Gasteiger partial charge in [0.05, 0.1) is 19.1 Å². The summed E-state index contributed by atoms with van der Waals surface area (Å²) in [7, 11) is 1.63. The number of amides is 1. The minimum atomic E-state index is -0.241. The summed E-state index contributed by atoms with van der Waals surface area (Å²) in [5.41, 5.74) is 6.34. The number of hydrogen-bond donors (Lipinski definition) is 1. The molecule has 0 unspecified atom stereocenters. The molecule has 0 saturated carbocycles. The van der Waals surface area contributed by atoms with Crippen LogP contribution in [-0.4, -0.2) is 44.7 Å². The number of methoxy groups -OCH3 is 1. The Morgan fingerprint density at radius 3 is 2.48 bits per heavy atom. The van der Waals surface area contributed by atoms with E-state index in [1.165, 1.54) is 11.8 Å². The average molecular weight is 459 g/mol. The summed E-state index contributed by atoms with van der Waals surface area (Å²) < 4.78 is 7.20. The van der Waals surface area contributed by atoms with Crippen LogP contribution < -0.4 is 10.2 Å². The number of carbonyl (C=O) groups excluding carboxylic acids is 1. The molecule has 33 heavy (non-hydrogen) atoms. The van der Waals surface area contributed by atoms with E-state index >= 15 is 0 Å². The van der Waals surface area contributed by atoms with Gasteiger partial charge in [0.15, 0.2) is 11.0 Å². The van der Waals surface area contributed by atoms with Crippen LogP contribution in [0, 0.1) is 6.92 Å². The first-order valence-corrected chi connectivity index (χ1v) is 11.1. The van der Waals surface area contributed by atoms with Crippen molar-refractivity contribution in [1.29, 1.82) is 0 Å². The van der Waals surface area contributed by atoms with Crippen LogP contribution >= 0.6 is 11.8 Å². The molecule has 2 aromatic heterocycles. The maximum Gasteiger partial charge on any atom is 0.250 e. The molecule has 166 valence electrons. The molecule has 1 N–H and O–H groups in total. The van der Waals surface area contributed by atoms with Gasteiger partial charge in [0.1, 0.15) is 5.75 Å². The van der Waals surface area contributed by atoms with Gasteiger partial charge in [-0.1, -0.05) is 29.5 Å². The van der Waals surface area contributed by atoms with Crippen LogP contribution in [0.3, 0.4) is 0 Å². The van der Waals surface area contributed by atoms with E-state index in [1.54, 1.807) is 37.9 Å². The number of hydrazone groups is 1. The van der Waals surface area contributed by atoms with E-state index in [2.05, 4.69) is 25.7 Å². The highest BCUT2D eigenvalue weighted by atomic mass is 32.2. The van der Waals surface area contributed by atoms with Crippen LogP contribution in [0.15, 0.2) is 83.3 Å². The number of aromatic nitrogens is 4. The predicted octanol–water partition coefficient (Wildman–Crippen LogP) is 3.89. The minimum absolute atomic E-state index is 0.139. The van der Waals surface area contributed by atoms with Crippen LogP contribution in [0.25, 0.3) is 17.1 Å². The van der Waals surface area contributed by atoms with E-state index in [0.29, 0.717) is 11.0 Å². The number of thioether (sulfide) groups is 1. The molecule has 0 fully saturated rings. The van der Waals surface area contributed by atoms with Gasteiger partial charge in [-0.15, -0.1) is 10.2 Å². The number of carbonyl (C=O) groups is 1. The lowest BCUT2D eigenvalue weighted by Crippen LogP contribution is -2.20. The maximum atomic E-state index is 12.3. The number of ether oxygens (including phenoxy) is 1. The Balaban J connectivity index is 1.53. The van der Waals surface area contributed by atoms with Gasteiger partial charge in [0.2, 0.25) is 0 Å². The lowest BCUT2D eigenvalue weighted by atomic mass is 10.2. The zero-order valence-corrected chi connectivity index (χ0v) is 19.0. The van der Waals surface area contributed by atoms with Crippen molar-refractivity contribution in [2.75, 3.05) is 12.9 Å². The Hall–Kier alpha value is -3.98. The van der Waals surface area contributed by atoms with Gasteiger partial charge in [-0.25, -0.2) is 5.43 Å². The molecule has 0 saturated heterocycles. The average Bonchev–Trinajstić information content (AvgIpc) is 3.28. The Morgan fingerprint density at radius 2 is 1.79 bits per heavy atom. The molecule has 4 aromatic rings. The van der Waals surface area contributed by atoms with Crippen LogP contribution in [-0.2, 0) is 4.79 Å². The van der Waals surface area contributed by atoms with Gasteiger partial charge in [-0.3, -0.25) is 14.3 Å². The van der Waals surface area contributed by atoms with Crippen LogP contribution in [0.2, 0.25) is 0 Å². The molecule has 2 heterocycles. The molecule has 1 amide bonds. The van der Waals surface area contributed by atoms with Crippen molar-refractivity contribution in [1.82, 2.24) is 25.2 Å². The zero-order chi connectivity index (χ0) is 23.0. The van der Waals surface area contributed by atoms with E-state index in [4.69, 9.17) is 4.74 Å². The second-order valence-electron chi connectivity index (χ2n) is 7.07. The maximum absolute atomic E-state index is 12.3. The Labute approximate surface area is 195 Å². The SMILES string of the molecule is COc1ccc(-c2nnc(SCC(=O)NN=Cc3ccncc3)n2-c2ccc(C)cc2)cc1. The van der Waals surface area contributed by atoms with Crippen molar-refractivity contribution in [3.8, 4) is 22.8 Å². The van der Waals surface area contributed by atoms with Crippen LogP contribution in [0.4, 0.5) is 0 Å². The molecule has 0 aliphatic carbocycles. The molecular weight excluding hydrogens is 436 g/mol. The highest BCUT2D eigenvalue weighted by Crippen LogP contribution is 2.29. The summed E-state index contributed by atoms with van der Waals surface area (Å²) in [5, 5.41) is 13.4. The smallest absolute Gasteiger partial charge is 0.250 e. The summed E-state index contributed by atoms with van der Waals surface area (Å²) in [6.45, 7) is 2.03. The largest absolute Gasteiger partial charge is 0.497 e. The van der Waals surface area contributed by atoms with Crippen LogP contribution in [0.5, 0.6) is 5.75 Å². The van der Waals surface area contributed by atoms with E-state index in [9.17, 15) is 4.79 Å². The van der Waals surface area contributed by atoms with Gasteiger partial charge < -0.3 is 4.74 Å². The Bertz CT molecular complexity index is 1240. The number of rotatable bonds is 8. The van der Waals surface area contributed by atoms with Crippen molar-refractivity contribution in [2.45, 2.75) is 12.1 Å². The second-order valence-corrected chi connectivity index (χ2v) is 8.01. The molecular formula is C24H22N6O2S. The lowest BCUT2D eigenvalue weighted by molar-refractivity contribution is -0.118. The number of nitrogens with one attached hydrogen (secondary N) is 1. The zero-order valence-electron chi connectivity index (χ0n) is 18.2. The summed E-state index contributed by atoms with van der Waals surface area (Å²) in [6.07, 6.45) is 4.90. The molecule has 0 bridgehead atoms. The molecule has 0 atom stereocenters. The normalized spacial score (nSPS) is 11.0. The quantitative estimate of drug-likeness (QED) is 0.245. The Kier molecular flexibility index (Phi) is 7.11. The standard InChI is InChI=1S/C24H22N6O2S/c1-17-3-7-20(8-4-17)30-23(19-5-9-21(32-2)10-6-19)28-29-24(30)33-16-22(31)27-26-15-18-11-13-25-14-12-18/h3-15H,16H2,1-2H3,(H,27,31). The van der Waals surface area contributed by atoms with Gasteiger partial charge >= 0.3 is 0 Å². The number of benzene rings is 2. The lowest BCUT2D eigenvalue weighted by Gasteiger charge is -2.11. The molecule has 0 aliphatic rings. The topological polar surface area (TPSA) is 94.3 Å². The molecule has 0 radical (unpaired) electrons. The molecule has 8 nitrogen and oxygen atoms in total.